The maximum atomic E-state index is 11.4. The molecular formula is C10H11ClN2O4. The first-order valence-corrected chi connectivity index (χ1v) is 5.81. The van der Waals surface area contributed by atoms with Crippen molar-refractivity contribution in [3.8, 4) is 6.01 Å². The fourth-order valence-corrected chi connectivity index (χ4v) is 2.40. The van der Waals surface area contributed by atoms with Crippen LogP contribution in [0.4, 0.5) is 0 Å². The number of aromatic nitrogens is 2. The molecule has 1 saturated heterocycles. The summed E-state index contributed by atoms with van der Waals surface area (Å²) in [5.74, 6) is 0.194. The van der Waals surface area contributed by atoms with Gasteiger partial charge in [-0.05, 0) is 6.92 Å². The molecule has 4 atom stereocenters. The highest BCUT2D eigenvalue weighted by Crippen LogP contribution is 2.39. The second-order valence-electron chi connectivity index (χ2n) is 4.21. The van der Waals surface area contributed by atoms with Crippen molar-refractivity contribution in [2.24, 2.45) is 0 Å². The average molecular weight is 259 g/mol. The monoisotopic (exact) mass is 258 g/mol. The molecule has 7 heteroatoms. The summed E-state index contributed by atoms with van der Waals surface area (Å²) in [7, 11) is 0. The lowest BCUT2D eigenvalue weighted by Crippen LogP contribution is -2.34. The van der Waals surface area contributed by atoms with Crippen LogP contribution >= 0.6 is 11.6 Å². The normalized spacial score (nSPS) is 34.3. The molecule has 0 unspecified atom stereocenters. The predicted octanol–water partition coefficient (Wildman–Crippen LogP) is -0.190. The first-order chi connectivity index (χ1) is 8.11. The third-order valence-corrected chi connectivity index (χ3v) is 3.37. The highest BCUT2D eigenvalue weighted by molar-refractivity contribution is 6.18. The van der Waals surface area contributed by atoms with Gasteiger partial charge in [0.2, 0.25) is 0 Å². The Hall–Kier alpha value is -1.11. The van der Waals surface area contributed by atoms with Crippen LogP contribution < -0.4 is 10.3 Å². The minimum atomic E-state index is -0.811. The number of aliphatic hydroxyl groups is 1. The number of nitrogens with zero attached hydrogens (tertiary/aromatic N) is 2. The van der Waals surface area contributed by atoms with Gasteiger partial charge in [-0.1, -0.05) is 0 Å². The van der Waals surface area contributed by atoms with E-state index in [9.17, 15) is 9.90 Å². The Morgan fingerprint density at radius 2 is 2.41 bits per heavy atom. The first-order valence-electron chi connectivity index (χ1n) is 5.27. The Labute approximate surface area is 102 Å². The summed E-state index contributed by atoms with van der Waals surface area (Å²) in [5, 5.41) is 9.92. The molecule has 1 N–H and O–H groups in total. The number of hydrogen-bond acceptors (Lipinski definition) is 5. The van der Waals surface area contributed by atoms with Gasteiger partial charge in [0, 0.05) is 11.8 Å². The van der Waals surface area contributed by atoms with Crippen LogP contribution in [0.15, 0.2) is 11.0 Å². The maximum Gasteiger partial charge on any atom is 0.302 e. The van der Waals surface area contributed by atoms with E-state index in [0.29, 0.717) is 5.56 Å². The highest BCUT2D eigenvalue weighted by Gasteiger charge is 2.50. The van der Waals surface area contributed by atoms with E-state index >= 15 is 0 Å². The number of hydrogen-bond donors (Lipinski definition) is 1. The zero-order valence-electron chi connectivity index (χ0n) is 9.04. The summed E-state index contributed by atoms with van der Waals surface area (Å²) >= 11 is 5.68. The SMILES string of the molecule is Cc1cn2c(nc1=O)O[C@H]1[C@@H](O)[C@@H](CCl)O[C@@H]12. The summed E-state index contributed by atoms with van der Waals surface area (Å²) in [6.45, 7) is 1.67. The van der Waals surface area contributed by atoms with Crippen molar-refractivity contribution in [2.75, 3.05) is 5.88 Å². The molecule has 0 aliphatic carbocycles. The zero-order valence-corrected chi connectivity index (χ0v) is 9.79. The Morgan fingerprint density at radius 3 is 3.12 bits per heavy atom. The van der Waals surface area contributed by atoms with Crippen molar-refractivity contribution in [1.29, 1.82) is 0 Å². The van der Waals surface area contributed by atoms with Crippen LogP contribution in [0, 0.1) is 6.92 Å². The molecule has 0 amide bonds. The van der Waals surface area contributed by atoms with Gasteiger partial charge >= 0.3 is 6.01 Å². The van der Waals surface area contributed by atoms with Gasteiger partial charge in [-0.3, -0.25) is 9.36 Å². The van der Waals surface area contributed by atoms with Crippen LogP contribution in [-0.4, -0.2) is 38.8 Å². The quantitative estimate of drug-likeness (QED) is 0.707. The largest absolute Gasteiger partial charge is 0.453 e. The number of aliphatic hydroxyl groups excluding tert-OH is 1. The van der Waals surface area contributed by atoms with E-state index in [1.54, 1.807) is 17.7 Å². The molecule has 1 aromatic heterocycles. The lowest BCUT2D eigenvalue weighted by molar-refractivity contribution is -0.00472. The summed E-state index contributed by atoms with van der Waals surface area (Å²) < 4.78 is 12.6. The molecule has 0 bridgehead atoms. The molecule has 2 aliphatic heterocycles. The number of rotatable bonds is 1. The van der Waals surface area contributed by atoms with Crippen LogP contribution in [0.5, 0.6) is 6.01 Å². The summed E-state index contributed by atoms with van der Waals surface area (Å²) in [6.07, 6.45) is -0.657. The topological polar surface area (TPSA) is 73.6 Å². The van der Waals surface area contributed by atoms with Crippen molar-refractivity contribution < 1.29 is 14.6 Å². The van der Waals surface area contributed by atoms with Crippen LogP contribution in [0.3, 0.4) is 0 Å². The molecule has 92 valence electrons. The molecule has 1 fully saturated rings. The van der Waals surface area contributed by atoms with Gasteiger partial charge in [0.15, 0.2) is 12.3 Å². The molecule has 0 aromatic carbocycles. The van der Waals surface area contributed by atoms with Gasteiger partial charge in [-0.25, -0.2) is 0 Å². The Morgan fingerprint density at radius 1 is 1.65 bits per heavy atom. The molecule has 1 aromatic rings. The van der Waals surface area contributed by atoms with Gasteiger partial charge in [-0.15, -0.1) is 11.6 Å². The minimum absolute atomic E-state index is 0.183. The van der Waals surface area contributed by atoms with E-state index < -0.39 is 24.5 Å². The number of ether oxygens (including phenoxy) is 2. The number of alkyl halides is 1. The number of halogens is 1. The molecule has 0 spiro atoms. The second kappa shape index (κ2) is 3.69. The summed E-state index contributed by atoms with van der Waals surface area (Å²) in [4.78, 5) is 15.2. The van der Waals surface area contributed by atoms with Crippen LogP contribution in [0.2, 0.25) is 0 Å². The van der Waals surface area contributed by atoms with E-state index in [-0.39, 0.29) is 17.4 Å². The molecule has 3 rings (SSSR count). The van der Waals surface area contributed by atoms with Gasteiger partial charge in [0.1, 0.15) is 12.2 Å². The fourth-order valence-electron chi connectivity index (χ4n) is 2.14. The van der Waals surface area contributed by atoms with Crippen molar-refractivity contribution in [1.82, 2.24) is 9.55 Å². The average Bonchev–Trinajstić information content (AvgIpc) is 2.78. The van der Waals surface area contributed by atoms with Gasteiger partial charge in [-0.2, -0.15) is 4.98 Å². The van der Waals surface area contributed by atoms with E-state index in [0.717, 1.165) is 0 Å². The summed E-state index contributed by atoms with van der Waals surface area (Å²) in [5.41, 5.74) is 0.171. The first kappa shape index (κ1) is 11.0. The van der Waals surface area contributed by atoms with Crippen LogP contribution in [0.1, 0.15) is 11.8 Å². The van der Waals surface area contributed by atoms with Crippen LogP contribution in [0.25, 0.3) is 0 Å². The molecule has 0 saturated carbocycles. The third kappa shape index (κ3) is 1.48. The maximum absolute atomic E-state index is 11.4. The summed E-state index contributed by atoms with van der Waals surface area (Å²) in [6, 6.07) is 0.183. The standard InChI is InChI=1S/C10H11ClN2O4/c1-4-3-13-9-7(6(14)5(2-11)16-9)17-10(13)12-8(4)15/h3,5-7,9,14H,2H2,1H3/t5-,6+,7+,9+/m1/s1. The van der Waals surface area contributed by atoms with Crippen molar-refractivity contribution >= 4 is 11.6 Å². The van der Waals surface area contributed by atoms with Gasteiger partial charge in [0.25, 0.3) is 5.56 Å². The zero-order chi connectivity index (χ0) is 12.2. The molecule has 6 nitrogen and oxygen atoms in total. The molecule has 0 radical (unpaired) electrons. The molecule has 3 heterocycles. The van der Waals surface area contributed by atoms with E-state index in [2.05, 4.69) is 4.98 Å². The predicted molar refractivity (Wildman–Crippen MR) is 58.3 cm³/mol. The van der Waals surface area contributed by atoms with Gasteiger partial charge < -0.3 is 14.6 Å². The van der Waals surface area contributed by atoms with E-state index in [4.69, 9.17) is 21.1 Å². The molecule has 2 aliphatic rings. The number of fused-ring (bicyclic) bond motifs is 3. The van der Waals surface area contributed by atoms with E-state index in [1.165, 1.54) is 0 Å². The van der Waals surface area contributed by atoms with Gasteiger partial charge in [0.05, 0.1) is 5.88 Å². The van der Waals surface area contributed by atoms with Crippen molar-refractivity contribution in [3.63, 3.8) is 0 Å². The third-order valence-electron chi connectivity index (χ3n) is 3.07. The molecule has 17 heavy (non-hydrogen) atoms. The number of aryl methyl sites for hydroxylation is 1. The smallest absolute Gasteiger partial charge is 0.302 e. The van der Waals surface area contributed by atoms with Crippen molar-refractivity contribution in [3.05, 3.63) is 22.1 Å². The van der Waals surface area contributed by atoms with Crippen molar-refractivity contribution in [2.45, 2.75) is 31.5 Å². The lowest BCUT2D eigenvalue weighted by atomic mass is 10.1. The molecular weight excluding hydrogens is 248 g/mol. The van der Waals surface area contributed by atoms with E-state index in [1.807, 2.05) is 0 Å². The minimum Gasteiger partial charge on any atom is -0.453 e. The second-order valence-corrected chi connectivity index (χ2v) is 4.52. The van der Waals surface area contributed by atoms with Crippen LogP contribution in [-0.2, 0) is 4.74 Å². The lowest BCUT2D eigenvalue weighted by Gasteiger charge is -2.14. The fraction of sp³-hybridized carbons (Fsp3) is 0.600. The Kier molecular flexibility index (Phi) is 2.39. The Balaban J connectivity index is 2.02. The Bertz CT molecular complexity index is 518. The highest BCUT2D eigenvalue weighted by atomic mass is 35.5.